The summed E-state index contributed by atoms with van der Waals surface area (Å²) < 4.78 is 4.68. The summed E-state index contributed by atoms with van der Waals surface area (Å²) in [4.78, 5) is 21.9. The summed E-state index contributed by atoms with van der Waals surface area (Å²) in [6.07, 6.45) is 2.15. The lowest BCUT2D eigenvalue weighted by Gasteiger charge is -2.04. The number of carbonyl (C=O) groups is 2. The average Bonchev–Trinajstić information content (AvgIpc) is 2.88. The Morgan fingerprint density at radius 2 is 2.07 bits per heavy atom. The largest absolute Gasteiger partial charge is 0.465 e. The first-order valence-corrected chi connectivity index (χ1v) is 4.88. The van der Waals surface area contributed by atoms with Crippen molar-refractivity contribution in [2.75, 3.05) is 19.7 Å². The van der Waals surface area contributed by atoms with Crippen LogP contribution >= 0.6 is 0 Å². The Labute approximate surface area is 83.2 Å². The van der Waals surface area contributed by atoms with Crippen molar-refractivity contribution in [1.29, 1.82) is 0 Å². The molecule has 1 amide bonds. The van der Waals surface area contributed by atoms with E-state index in [2.05, 4.69) is 15.4 Å². The van der Waals surface area contributed by atoms with Crippen molar-refractivity contribution < 1.29 is 14.3 Å². The maximum atomic E-state index is 11.1. The van der Waals surface area contributed by atoms with Gasteiger partial charge in [0, 0.05) is 6.04 Å². The third-order valence-corrected chi connectivity index (χ3v) is 1.80. The minimum absolute atomic E-state index is 0.0585. The molecule has 1 rings (SSSR count). The van der Waals surface area contributed by atoms with Gasteiger partial charge in [0.1, 0.15) is 0 Å². The zero-order chi connectivity index (χ0) is 10.4. The van der Waals surface area contributed by atoms with Gasteiger partial charge in [-0.05, 0) is 19.8 Å². The van der Waals surface area contributed by atoms with Crippen LogP contribution in [0.15, 0.2) is 0 Å². The van der Waals surface area contributed by atoms with E-state index >= 15 is 0 Å². The van der Waals surface area contributed by atoms with Gasteiger partial charge in [-0.2, -0.15) is 0 Å². The number of rotatable bonds is 6. The summed E-state index contributed by atoms with van der Waals surface area (Å²) in [5.41, 5.74) is 0. The topological polar surface area (TPSA) is 67.4 Å². The molecule has 5 heteroatoms. The molecule has 1 aliphatic carbocycles. The first-order chi connectivity index (χ1) is 6.72. The molecule has 0 bridgehead atoms. The van der Waals surface area contributed by atoms with Crippen LogP contribution < -0.4 is 10.6 Å². The average molecular weight is 200 g/mol. The number of nitrogens with one attached hydrogen (secondary N) is 2. The van der Waals surface area contributed by atoms with Crippen LogP contribution in [-0.4, -0.2) is 37.6 Å². The number of amides is 1. The third kappa shape index (κ3) is 4.81. The molecule has 2 N–H and O–H groups in total. The van der Waals surface area contributed by atoms with Crippen molar-refractivity contribution in [2.45, 2.75) is 25.8 Å². The van der Waals surface area contributed by atoms with E-state index in [4.69, 9.17) is 0 Å². The Balaban J connectivity index is 1.96. The predicted molar refractivity (Wildman–Crippen MR) is 50.7 cm³/mol. The number of carbonyl (C=O) groups excluding carboxylic acids is 2. The summed E-state index contributed by atoms with van der Waals surface area (Å²) in [6.45, 7) is 2.38. The van der Waals surface area contributed by atoms with Crippen LogP contribution in [-0.2, 0) is 14.3 Å². The summed E-state index contributed by atoms with van der Waals surface area (Å²) >= 11 is 0. The van der Waals surface area contributed by atoms with Crippen molar-refractivity contribution in [3.8, 4) is 0 Å². The Kier molecular flexibility index (Phi) is 4.39. The van der Waals surface area contributed by atoms with Crippen LogP contribution in [0.4, 0.5) is 0 Å². The molecule has 14 heavy (non-hydrogen) atoms. The van der Waals surface area contributed by atoms with E-state index in [-0.39, 0.29) is 25.0 Å². The second-order valence-electron chi connectivity index (χ2n) is 3.25. The molecule has 0 radical (unpaired) electrons. The number of hydrogen-bond acceptors (Lipinski definition) is 4. The monoisotopic (exact) mass is 200 g/mol. The minimum Gasteiger partial charge on any atom is -0.465 e. The highest BCUT2D eigenvalue weighted by atomic mass is 16.5. The fourth-order valence-corrected chi connectivity index (χ4v) is 0.996. The van der Waals surface area contributed by atoms with Gasteiger partial charge in [-0.25, -0.2) is 0 Å². The van der Waals surface area contributed by atoms with E-state index in [1.54, 1.807) is 6.92 Å². The quantitative estimate of drug-likeness (QED) is 0.563. The number of ether oxygens (including phenoxy) is 1. The third-order valence-electron chi connectivity index (χ3n) is 1.80. The Bertz CT molecular complexity index is 214. The van der Waals surface area contributed by atoms with Crippen LogP contribution in [0.2, 0.25) is 0 Å². The molecule has 1 saturated carbocycles. The molecule has 0 aromatic carbocycles. The fraction of sp³-hybridized carbons (Fsp3) is 0.778. The van der Waals surface area contributed by atoms with E-state index in [1.807, 2.05) is 0 Å². The van der Waals surface area contributed by atoms with Crippen LogP contribution in [0.3, 0.4) is 0 Å². The Morgan fingerprint density at radius 1 is 1.36 bits per heavy atom. The minimum atomic E-state index is -0.327. The maximum absolute atomic E-state index is 11.1. The molecule has 0 aromatic heterocycles. The van der Waals surface area contributed by atoms with Gasteiger partial charge in [-0.1, -0.05) is 0 Å². The molecule has 0 spiro atoms. The number of esters is 1. The molecular weight excluding hydrogens is 184 g/mol. The zero-order valence-corrected chi connectivity index (χ0v) is 8.34. The number of hydrogen-bond donors (Lipinski definition) is 2. The van der Waals surface area contributed by atoms with Crippen LogP contribution in [0.1, 0.15) is 19.8 Å². The van der Waals surface area contributed by atoms with Crippen LogP contribution in [0, 0.1) is 0 Å². The van der Waals surface area contributed by atoms with Gasteiger partial charge in [-0.3, -0.25) is 14.9 Å². The van der Waals surface area contributed by atoms with Crippen LogP contribution in [0.5, 0.6) is 0 Å². The second-order valence-corrected chi connectivity index (χ2v) is 3.25. The van der Waals surface area contributed by atoms with Gasteiger partial charge in [0.2, 0.25) is 5.91 Å². The lowest BCUT2D eigenvalue weighted by Crippen LogP contribution is -2.37. The highest BCUT2D eigenvalue weighted by Gasteiger charge is 2.22. The molecule has 0 unspecified atom stereocenters. The summed E-state index contributed by atoms with van der Waals surface area (Å²) in [7, 11) is 0. The van der Waals surface area contributed by atoms with Crippen LogP contribution in [0.25, 0.3) is 0 Å². The lowest BCUT2D eigenvalue weighted by atomic mass is 10.5. The molecule has 0 atom stereocenters. The fourth-order valence-electron chi connectivity index (χ4n) is 0.996. The molecule has 80 valence electrons. The van der Waals surface area contributed by atoms with Crippen molar-refractivity contribution in [2.24, 2.45) is 0 Å². The molecule has 1 fully saturated rings. The van der Waals surface area contributed by atoms with Crippen molar-refractivity contribution in [1.82, 2.24) is 10.6 Å². The lowest BCUT2D eigenvalue weighted by molar-refractivity contribution is -0.142. The predicted octanol–water partition coefficient (Wildman–Crippen LogP) is -0.582. The standard InChI is InChI=1S/C9H16N2O3/c1-2-14-9(13)6-10-5-8(12)11-7-3-4-7/h7,10H,2-6H2,1H3,(H,11,12). The molecule has 5 nitrogen and oxygen atoms in total. The van der Waals surface area contributed by atoms with Crippen molar-refractivity contribution in [3.63, 3.8) is 0 Å². The van der Waals surface area contributed by atoms with E-state index in [0.29, 0.717) is 12.6 Å². The summed E-state index contributed by atoms with van der Waals surface area (Å²) in [6, 6.07) is 0.367. The first-order valence-electron chi connectivity index (χ1n) is 4.88. The highest BCUT2D eigenvalue weighted by Crippen LogP contribution is 2.17. The smallest absolute Gasteiger partial charge is 0.319 e. The highest BCUT2D eigenvalue weighted by molar-refractivity contribution is 5.79. The normalized spacial score (nSPS) is 14.9. The second kappa shape index (κ2) is 5.59. The van der Waals surface area contributed by atoms with E-state index in [9.17, 15) is 9.59 Å². The van der Waals surface area contributed by atoms with E-state index in [1.165, 1.54) is 0 Å². The maximum Gasteiger partial charge on any atom is 0.319 e. The van der Waals surface area contributed by atoms with Gasteiger partial charge in [0.05, 0.1) is 19.7 Å². The van der Waals surface area contributed by atoms with Crippen molar-refractivity contribution >= 4 is 11.9 Å². The summed E-state index contributed by atoms with van der Waals surface area (Å²) in [5, 5.41) is 5.52. The zero-order valence-electron chi connectivity index (χ0n) is 8.34. The summed E-state index contributed by atoms with van der Waals surface area (Å²) in [5.74, 6) is -0.386. The molecule has 0 aliphatic heterocycles. The van der Waals surface area contributed by atoms with E-state index in [0.717, 1.165) is 12.8 Å². The first kappa shape index (κ1) is 11.0. The Hall–Kier alpha value is -1.10. The van der Waals surface area contributed by atoms with Crippen molar-refractivity contribution in [3.05, 3.63) is 0 Å². The van der Waals surface area contributed by atoms with Gasteiger partial charge in [-0.15, -0.1) is 0 Å². The van der Waals surface area contributed by atoms with Gasteiger partial charge in [0.25, 0.3) is 0 Å². The molecule has 0 heterocycles. The molecule has 1 aliphatic rings. The molecule has 0 saturated heterocycles. The van der Waals surface area contributed by atoms with E-state index < -0.39 is 0 Å². The van der Waals surface area contributed by atoms with Gasteiger partial charge in [0.15, 0.2) is 0 Å². The molecular formula is C9H16N2O3. The molecule has 0 aromatic rings. The van der Waals surface area contributed by atoms with Gasteiger partial charge >= 0.3 is 5.97 Å². The Morgan fingerprint density at radius 3 is 2.64 bits per heavy atom. The van der Waals surface area contributed by atoms with Gasteiger partial charge < -0.3 is 10.1 Å². The SMILES string of the molecule is CCOC(=O)CNCC(=O)NC1CC1.